The Balaban J connectivity index is 2.06. The molecular weight excluding hydrogens is 242 g/mol. The van der Waals surface area contributed by atoms with Crippen molar-refractivity contribution in [3.63, 3.8) is 0 Å². The second-order valence-corrected chi connectivity index (χ2v) is 5.44. The van der Waals surface area contributed by atoms with Crippen molar-refractivity contribution >= 4 is 0 Å². The number of methoxy groups -OCH3 is 1. The van der Waals surface area contributed by atoms with E-state index in [1.54, 1.807) is 7.11 Å². The van der Waals surface area contributed by atoms with Crippen molar-refractivity contribution in [2.24, 2.45) is 11.7 Å². The molecule has 1 aromatic rings. The molecule has 0 spiro atoms. The van der Waals surface area contributed by atoms with E-state index in [9.17, 15) is 0 Å². The van der Waals surface area contributed by atoms with Gasteiger partial charge in [0.1, 0.15) is 6.10 Å². The Morgan fingerprint density at radius 2 is 2.11 bits per heavy atom. The molecule has 0 saturated heterocycles. The monoisotopic (exact) mass is 267 g/mol. The van der Waals surface area contributed by atoms with Crippen molar-refractivity contribution in [3.8, 4) is 0 Å². The first-order valence-electron chi connectivity index (χ1n) is 7.38. The Bertz CT molecular complexity index is 375. The third-order valence-electron chi connectivity index (χ3n) is 3.96. The highest BCUT2D eigenvalue weighted by Gasteiger charge is 2.29. The number of aromatic nitrogens is 2. The first-order valence-corrected chi connectivity index (χ1v) is 7.38. The summed E-state index contributed by atoms with van der Waals surface area (Å²) < 4.78 is 10.9. The largest absolute Gasteiger partial charge is 0.373 e. The van der Waals surface area contributed by atoms with Gasteiger partial charge in [0.25, 0.3) is 0 Å². The summed E-state index contributed by atoms with van der Waals surface area (Å²) in [7, 11) is 1.72. The minimum absolute atomic E-state index is 0.0494. The lowest BCUT2D eigenvalue weighted by molar-refractivity contribution is 0.0273. The molecule has 1 aromatic heterocycles. The van der Waals surface area contributed by atoms with Gasteiger partial charge in [-0.2, -0.15) is 4.98 Å². The first kappa shape index (κ1) is 14.5. The Labute approximate surface area is 114 Å². The zero-order valence-electron chi connectivity index (χ0n) is 12.0. The molecule has 1 heterocycles. The summed E-state index contributed by atoms with van der Waals surface area (Å²) in [6.45, 7) is 2.09. The highest BCUT2D eigenvalue weighted by atomic mass is 16.5. The summed E-state index contributed by atoms with van der Waals surface area (Å²) in [5.41, 5.74) is 6.00. The molecular formula is C14H25N3O2. The van der Waals surface area contributed by atoms with Crippen LogP contribution in [0.3, 0.4) is 0 Å². The van der Waals surface area contributed by atoms with E-state index >= 15 is 0 Å². The zero-order valence-corrected chi connectivity index (χ0v) is 12.0. The molecule has 0 amide bonds. The minimum atomic E-state index is -0.157. The summed E-state index contributed by atoms with van der Waals surface area (Å²) >= 11 is 0. The lowest BCUT2D eigenvalue weighted by Gasteiger charge is -2.26. The fourth-order valence-corrected chi connectivity index (χ4v) is 2.89. The van der Waals surface area contributed by atoms with E-state index in [-0.39, 0.29) is 12.1 Å². The zero-order chi connectivity index (χ0) is 13.7. The van der Waals surface area contributed by atoms with Gasteiger partial charge in [0.05, 0.1) is 6.04 Å². The van der Waals surface area contributed by atoms with Crippen LogP contribution in [0.2, 0.25) is 0 Å². The Kier molecular flexibility index (Phi) is 5.34. The molecule has 0 radical (unpaired) electrons. The van der Waals surface area contributed by atoms with Crippen LogP contribution in [-0.2, 0) is 4.74 Å². The lowest BCUT2D eigenvalue weighted by Crippen LogP contribution is -2.19. The molecule has 2 N–H and O–H groups in total. The van der Waals surface area contributed by atoms with E-state index in [2.05, 4.69) is 17.1 Å². The average molecular weight is 267 g/mol. The van der Waals surface area contributed by atoms with Gasteiger partial charge >= 0.3 is 0 Å². The van der Waals surface area contributed by atoms with Crippen LogP contribution in [0.25, 0.3) is 0 Å². The first-order chi connectivity index (χ1) is 9.26. The molecule has 1 aliphatic rings. The normalized spacial score (nSPS) is 20.4. The van der Waals surface area contributed by atoms with Crippen LogP contribution in [0.15, 0.2) is 4.52 Å². The summed E-state index contributed by atoms with van der Waals surface area (Å²) in [4.78, 5) is 4.45. The van der Waals surface area contributed by atoms with Crippen molar-refractivity contribution in [3.05, 3.63) is 11.7 Å². The third-order valence-corrected chi connectivity index (χ3v) is 3.96. The van der Waals surface area contributed by atoms with E-state index in [4.69, 9.17) is 15.0 Å². The van der Waals surface area contributed by atoms with Gasteiger partial charge < -0.3 is 15.0 Å². The molecule has 1 aliphatic carbocycles. The summed E-state index contributed by atoms with van der Waals surface area (Å²) in [5, 5.41) is 4.07. The summed E-state index contributed by atoms with van der Waals surface area (Å²) in [6, 6.07) is -0.157. The van der Waals surface area contributed by atoms with Crippen molar-refractivity contribution in [1.82, 2.24) is 10.1 Å². The van der Waals surface area contributed by atoms with Crippen LogP contribution < -0.4 is 5.73 Å². The standard InChI is InChI=1S/C14H25N3O2/c1-3-7-11(15)14-16-13(17-19-14)12(18-2)10-8-5-4-6-9-10/h10-12H,3-9,15H2,1-2H3/t11-,12?/m1/s1. The summed E-state index contributed by atoms with van der Waals surface area (Å²) in [5.74, 6) is 1.71. The smallest absolute Gasteiger partial charge is 0.243 e. The molecule has 5 heteroatoms. The summed E-state index contributed by atoms with van der Waals surface area (Å²) in [6.07, 6.45) is 8.05. The van der Waals surface area contributed by atoms with Crippen LogP contribution >= 0.6 is 0 Å². The van der Waals surface area contributed by atoms with Crippen LogP contribution in [0.1, 0.15) is 75.7 Å². The fourth-order valence-electron chi connectivity index (χ4n) is 2.89. The average Bonchev–Trinajstić information content (AvgIpc) is 2.91. The van der Waals surface area contributed by atoms with Gasteiger partial charge in [0, 0.05) is 7.11 Å². The molecule has 2 rings (SSSR count). The van der Waals surface area contributed by atoms with Crippen LogP contribution in [-0.4, -0.2) is 17.3 Å². The van der Waals surface area contributed by atoms with Gasteiger partial charge in [-0.3, -0.25) is 0 Å². The van der Waals surface area contributed by atoms with Gasteiger partial charge in [-0.1, -0.05) is 37.8 Å². The van der Waals surface area contributed by atoms with E-state index in [1.807, 2.05) is 0 Å². The number of ether oxygens (including phenoxy) is 1. The predicted octanol–water partition coefficient (Wildman–Crippen LogP) is 3.14. The Morgan fingerprint density at radius 1 is 1.37 bits per heavy atom. The fraction of sp³-hybridized carbons (Fsp3) is 0.857. The van der Waals surface area contributed by atoms with Gasteiger partial charge in [-0.25, -0.2) is 0 Å². The quantitative estimate of drug-likeness (QED) is 0.857. The van der Waals surface area contributed by atoms with E-state index < -0.39 is 0 Å². The maximum Gasteiger partial charge on any atom is 0.243 e. The molecule has 0 aromatic carbocycles. The number of hydrogen-bond acceptors (Lipinski definition) is 5. The molecule has 0 bridgehead atoms. The highest BCUT2D eigenvalue weighted by molar-refractivity contribution is 4.97. The van der Waals surface area contributed by atoms with E-state index in [0.29, 0.717) is 17.6 Å². The predicted molar refractivity (Wildman–Crippen MR) is 72.5 cm³/mol. The molecule has 2 atom stereocenters. The number of rotatable bonds is 6. The van der Waals surface area contributed by atoms with Crippen LogP contribution in [0.4, 0.5) is 0 Å². The second-order valence-electron chi connectivity index (χ2n) is 5.44. The Morgan fingerprint density at radius 3 is 2.74 bits per heavy atom. The van der Waals surface area contributed by atoms with Crippen molar-refractivity contribution in [2.45, 2.75) is 64.0 Å². The molecule has 19 heavy (non-hydrogen) atoms. The molecule has 5 nitrogen and oxygen atoms in total. The van der Waals surface area contributed by atoms with Gasteiger partial charge in [-0.15, -0.1) is 0 Å². The lowest BCUT2D eigenvalue weighted by atomic mass is 9.85. The molecule has 108 valence electrons. The SMILES string of the molecule is CCC[C@@H](N)c1nc(C(OC)C2CCCCC2)no1. The maximum absolute atomic E-state index is 6.00. The van der Waals surface area contributed by atoms with Gasteiger partial charge in [-0.05, 0) is 25.2 Å². The second kappa shape index (κ2) is 7.01. The third kappa shape index (κ3) is 3.54. The number of nitrogens with zero attached hydrogens (tertiary/aromatic N) is 2. The van der Waals surface area contributed by atoms with Crippen molar-refractivity contribution in [1.29, 1.82) is 0 Å². The van der Waals surface area contributed by atoms with Crippen LogP contribution in [0, 0.1) is 5.92 Å². The molecule has 0 aliphatic heterocycles. The highest BCUT2D eigenvalue weighted by Crippen LogP contribution is 2.35. The Hall–Kier alpha value is -0.940. The van der Waals surface area contributed by atoms with Gasteiger partial charge in [0.2, 0.25) is 11.7 Å². The van der Waals surface area contributed by atoms with Crippen molar-refractivity contribution < 1.29 is 9.26 Å². The number of nitrogens with two attached hydrogens (primary N) is 1. The van der Waals surface area contributed by atoms with Crippen molar-refractivity contribution in [2.75, 3.05) is 7.11 Å². The topological polar surface area (TPSA) is 74.2 Å². The molecule has 1 unspecified atom stereocenters. The molecule has 1 fully saturated rings. The number of hydrogen-bond donors (Lipinski definition) is 1. The van der Waals surface area contributed by atoms with Crippen LogP contribution in [0.5, 0.6) is 0 Å². The van der Waals surface area contributed by atoms with E-state index in [1.165, 1.54) is 32.1 Å². The minimum Gasteiger partial charge on any atom is -0.373 e. The molecule has 1 saturated carbocycles. The maximum atomic E-state index is 6.00. The van der Waals surface area contributed by atoms with E-state index in [0.717, 1.165) is 12.8 Å². The van der Waals surface area contributed by atoms with Gasteiger partial charge in [0.15, 0.2) is 0 Å².